The van der Waals surface area contributed by atoms with Gasteiger partial charge in [0.1, 0.15) is 35.6 Å². The number of hydrogen-bond donors (Lipinski definition) is 3. The zero-order chi connectivity index (χ0) is 41.7. The summed E-state index contributed by atoms with van der Waals surface area (Å²) >= 11 is 0. The van der Waals surface area contributed by atoms with Gasteiger partial charge in [-0.15, -0.1) is 6.58 Å². The predicted molar refractivity (Wildman–Crippen MR) is 216 cm³/mol. The number of benzene rings is 1. The molecule has 7 atom stereocenters. The lowest BCUT2D eigenvalue weighted by Gasteiger charge is -2.32. The molecule has 59 heavy (non-hydrogen) atoms. The Hall–Kier alpha value is -4.67. The lowest BCUT2D eigenvalue weighted by molar-refractivity contribution is -0.142. The van der Waals surface area contributed by atoms with Gasteiger partial charge in [-0.2, -0.15) is 4.98 Å². The number of amides is 4. The van der Waals surface area contributed by atoms with Crippen molar-refractivity contribution in [2.24, 2.45) is 17.8 Å². The number of alkyl carbamates (subject to hydrolysis) is 1. The topological polar surface area (TPSA) is 204 Å². The molecule has 0 spiro atoms. The number of hydrogen-bond acceptors (Lipinski definition) is 11. The van der Waals surface area contributed by atoms with Crippen LogP contribution >= 0.6 is 0 Å². The summed E-state index contributed by atoms with van der Waals surface area (Å²) in [6.45, 7) is 5.61. The minimum Gasteiger partial charge on any atom is -0.497 e. The highest BCUT2D eigenvalue weighted by molar-refractivity contribution is 7.91. The third-order valence-electron chi connectivity index (χ3n) is 13.8. The Morgan fingerprint density at radius 2 is 1.73 bits per heavy atom. The van der Waals surface area contributed by atoms with E-state index in [2.05, 4.69) is 21.9 Å². The molecule has 1 unspecified atom stereocenters. The van der Waals surface area contributed by atoms with Crippen LogP contribution in [0.2, 0.25) is 0 Å². The van der Waals surface area contributed by atoms with Gasteiger partial charge < -0.3 is 29.7 Å². The summed E-state index contributed by atoms with van der Waals surface area (Å²) in [4.78, 5) is 77.2. The van der Waals surface area contributed by atoms with Crippen molar-refractivity contribution in [2.75, 3.05) is 13.7 Å². The second-order valence-corrected chi connectivity index (χ2v) is 20.0. The van der Waals surface area contributed by atoms with Gasteiger partial charge >= 0.3 is 6.09 Å². The van der Waals surface area contributed by atoms with Gasteiger partial charge in [0.25, 0.3) is 17.5 Å². The summed E-state index contributed by atoms with van der Waals surface area (Å²) in [5.41, 5.74) is -1.52. The van der Waals surface area contributed by atoms with Crippen LogP contribution in [-0.4, -0.2) is 94.9 Å². The van der Waals surface area contributed by atoms with Crippen LogP contribution in [0.4, 0.5) is 4.79 Å². The quantitative estimate of drug-likeness (QED) is 0.326. The average Bonchev–Trinajstić information content (AvgIpc) is 3.83. The molecule has 0 radical (unpaired) electrons. The monoisotopic (exact) mass is 836 g/mol. The lowest BCUT2D eigenvalue weighted by atomic mass is 9.96. The van der Waals surface area contributed by atoms with Crippen molar-refractivity contribution >= 4 is 44.7 Å². The zero-order valence-electron chi connectivity index (χ0n) is 33.9. The Morgan fingerprint density at radius 1 is 1.00 bits per heavy atom. The van der Waals surface area contributed by atoms with E-state index in [0.717, 1.165) is 51.4 Å². The maximum atomic E-state index is 14.9. The number of rotatable bonds is 8. The second-order valence-electron chi connectivity index (χ2n) is 17.8. The number of aromatic nitrogens is 2. The number of fused-ring (bicyclic) bond motifs is 5. The highest BCUT2D eigenvalue weighted by atomic mass is 32.2. The fourth-order valence-corrected chi connectivity index (χ4v) is 11.0. The molecule has 16 nitrogen and oxygen atoms in total. The molecule has 2 bridgehead atoms. The van der Waals surface area contributed by atoms with Crippen LogP contribution in [0.15, 0.2) is 35.6 Å². The summed E-state index contributed by atoms with van der Waals surface area (Å²) in [5.74, 6) is -2.09. The molecular formula is C42H56N6O10S. The first-order valence-electron chi connectivity index (χ1n) is 21.3. The molecule has 320 valence electrons. The van der Waals surface area contributed by atoms with E-state index in [0.29, 0.717) is 55.3 Å². The SMILES string of the molecule is C=CC1C[C@]1(NC(=O)[C@@H]1C[C@@H]2CN1C(=O)[C@H](C1CCCC1)NC(=O)O[C@@H]1CCC[C@H]1CCCCCn1c(nc3cc(OC)ccc3c1=O)O2)C(=O)NS(=O)(=O)C1(C)CC1. The largest absolute Gasteiger partial charge is 0.497 e. The molecule has 1 aromatic heterocycles. The van der Waals surface area contributed by atoms with Crippen LogP contribution in [0.3, 0.4) is 0 Å². The number of sulfonamides is 1. The molecule has 1 saturated heterocycles. The zero-order valence-corrected chi connectivity index (χ0v) is 34.7. The van der Waals surface area contributed by atoms with E-state index in [4.69, 9.17) is 19.2 Å². The van der Waals surface area contributed by atoms with Gasteiger partial charge in [-0.25, -0.2) is 13.2 Å². The van der Waals surface area contributed by atoms with Gasteiger partial charge in [0.15, 0.2) is 0 Å². The first-order chi connectivity index (χ1) is 28.3. The average molecular weight is 837 g/mol. The van der Waals surface area contributed by atoms with Crippen molar-refractivity contribution in [2.45, 2.75) is 144 Å². The van der Waals surface area contributed by atoms with Crippen LogP contribution < -0.4 is 30.4 Å². The summed E-state index contributed by atoms with van der Waals surface area (Å²) in [6.07, 6.45) is 9.62. The number of nitrogens with zero attached hydrogens (tertiary/aromatic N) is 3. The van der Waals surface area contributed by atoms with Crippen molar-refractivity contribution in [1.82, 2.24) is 29.8 Å². The predicted octanol–water partition coefficient (Wildman–Crippen LogP) is 3.84. The van der Waals surface area contributed by atoms with Crippen LogP contribution in [0.25, 0.3) is 10.9 Å². The van der Waals surface area contributed by atoms with Crippen LogP contribution in [0, 0.1) is 17.8 Å². The molecule has 3 N–H and O–H groups in total. The Kier molecular flexibility index (Phi) is 11.2. The minimum atomic E-state index is -4.02. The molecule has 3 heterocycles. The fraction of sp³-hybridized carbons (Fsp3) is 0.667. The number of methoxy groups -OCH3 is 1. The molecule has 4 aliphatic carbocycles. The highest BCUT2D eigenvalue weighted by Crippen LogP contribution is 2.47. The van der Waals surface area contributed by atoms with Gasteiger partial charge in [-0.05, 0) is 95.1 Å². The minimum absolute atomic E-state index is 0.0397. The highest BCUT2D eigenvalue weighted by Gasteiger charge is 2.63. The Bertz CT molecular complexity index is 2180. The van der Waals surface area contributed by atoms with Crippen molar-refractivity contribution in [3.8, 4) is 11.8 Å². The number of carbonyl (C=O) groups excluding carboxylic acids is 4. The first-order valence-corrected chi connectivity index (χ1v) is 22.8. The molecule has 2 aliphatic heterocycles. The number of carbonyl (C=O) groups is 4. The van der Waals surface area contributed by atoms with Crippen LogP contribution in [0.5, 0.6) is 11.8 Å². The summed E-state index contributed by atoms with van der Waals surface area (Å²) in [5, 5.41) is 6.15. The Balaban J connectivity index is 1.14. The molecule has 4 amide bonds. The maximum absolute atomic E-state index is 14.9. The molecule has 2 aromatic rings. The van der Waals surface area contributed by atoms with Crippen LogP contribution in [0.1, 0.15) is 103 Å². The maximum Gasteiger partial charge on any atom is 0.408 e. The fourth-order valence-electron chi connectivity index (χ4n) is 9.73. The van der Waals surface area contributed by atoms with Gasteiger partial charge in [-0.1, -0.05) is 31.8 Å². The van der Waals surface area contributed by atoms with E-state index in [1.807, 2.05) is 0 Å². The number of nitrogens with one attached hydrogen (secondary N) is 3. The molecule has 8 rings (SSSR count). The van der Waals surface area contributed by atoms with Gasteiger partial charge in [0.2, 0.25) is 21.8 Å². The lowest BCUT2D eigenvalue weighted by Crippen LogP contribution is -2.59. The van der Waals surface area contributed by atoms with Crippen molar-refractivity contribution in [3.63, 3.8) is 0 Å². The van der Waals surface area contributed by atoms with E-state index in [1.165, 1.54) is 22.7 Å². The number of ether oxygens (including phenoxy) is 3. The van der Waals surface area contributed by atoms with E-state index in [-0.39, 0.29) is 48.9 Å². The van der Waals surface area contributed by atoms with E-state index >= 15 is 0 Å². The molecule has 4 saturated carbocycles. The normalized spacial score (nSPS) is 31.1. The summed E-state index contributed by atoms with van der Waals surface area (Å²) < 4.78 is 46.9. The van der Waals surface area contributed by atoms with Crippen molar-refractivity contribution in [1.29, 1.82) is 0 Å². The van der Waals surface area contributed by atoms with Crippen LogP contribution in [-0.2, 0) is 35.7 Å². The van der Waals surface area contributed by atoms with Crippen molar-refractivity contribution in [3.05, 3.63) is 41.2 Å². The summed E-state index contributed by atoms with van der Waals surface area (Å²) in [7, 11) is -2.50. The Morgan fingerprint density at radius 3 is 2.44 bits per heavy atom. The smallest absolute Gasteiger partial charge is 0.408 e. The third kappa shape index (κ3) is 8.02. The molecular weight excluding hydrogens is 781 g/mol. The van der Waals surface area contributed by atoms with Gasteiger partial charge in [0.05, 0.1) is 29.3 Å². The van der Waals surface area contributed by atoms with Gasteiger partial charge in [0, 0.05) is 24.9 Å². The van der Waals surface area contributed by atoms with Crippen molar-refractivity contribution < 1.29 is 41.8 Å². The first kappa shape index (κ1) is 41.1. The van der Waals surface area contributed by atoms with E-state index in [1.54, 1.807) is 25.1 Å². The Labute approximate surface area is 344 Å². The molecule has 1 aromatic carbocycles. The second kappa shape index (κ2) is 16.1. The summed E-state index contributed by atoms with van der Waals surface area (Å²) in [6, 6.07) is 2.89. The molecule has 17 heteroatoms. The van der Waals surface area contributed by atoms with E-state index in [9.17, 15) is 32.4 Å². The van der Waals surface area contributed by atoms with Gasteiger partial charge in [-0.3, -0.25) is 28.5 Å². The molecule has 6 aliphatic rings. The third-order valence-corrected chi connectivity index (χ3v) is 16.0. The van der Waals surface area contributed by atoms with E-state index < -0.39 is 68.2 Å². The standard InChI is InChI=1S/C42H56N6O10S/c1-4-27-23-42(27,38(52)46-59(54,55)41(2)18-19-41)45-35(49)32-22-29-24-48(32)37(51)34(26-12-7-8-13-26)44-40(53)58-33-15-10-14-25(33)11-6-5-9-20-47-36(50)30-17-16-28(56-3)21-31(30)43-39(47)57-29/h4,16-17,21,25-27,29,32-34H,1,5-15,18-20,22-24H2,2-3H3,(H,44,53)(H,45,49)(H,46,52)/t25-,27?,29-,32+,33-,34+,42-/m1/s1. The molecule has 5 fully saturated rings.